The zero-order valence-corrected chi connectivity index (χ0v) is 10.9. The Kier molecular flexibility index (Phi) is 7.06. The molecule has 0 aliphatic heterocycles. The van der Waals surface area contributed by atoms with Crippen molar-refractivity contribution in [2.45, 2.75) is 31.8 Å². The van der Waals surface area contributed by atoms with Gasteiger partial charge in [0.1, 0.15) is 0 Å². The number of aromatic nitrogens is 1. The van der Waals surface area contributed by atoms with Gasteiger partial charge in [-0.05, 0) is 31.5 Å². The van der Waals surface area contributed by atoms with Crippen LogP contribution in [0, 0.1) is 0 Å². The maximum Gasteiger partial charge on any atom is 0.237 e. The molecular weight excluding hydrogens is 227 g/mol. The molecule has 0 unspecified atom stereocenters. The summed E-state index contributed by atoms with van der Waals surface area (Å²) in [5, 5.41) is 5.87. The number of nitrogens with two attached hydrogens (primary N) is 1. The summed E-state index contributed by atoms with van der Waals surface area (Å²) >= 11 is 0. The first-order valence-corrected chi connectivity index (χ1v) is 6.32. The number of unbranched alkanes of at least 4 members (excludes halogenated alkanes) is 1. The van der Waals surface area contributed by atoms with Gasteiger partial charge in [0.05, 0.1) is 18.3 Å². The first kappa shape index (κ1) is 14.7. The van der Waals surface area contributed by atoms with Gasteiger partial charge in [-0.2, -0.15) is 0 Å². The summed E-state index contributed by atoms with van der Waals surface area (Å²) in [5.74, 6) is -0.106. The standard InChI is InChI=1S/C12H21BN4O/c13-17-8-4-2-6-11(14)12(18)16-9-10-5-1-3-7-15-10/h1,3,5,7,11,17H,2,4,6,8-9,13-14H2,(H,16,18)/t11-/m0/s1. The molecule has 0 aliphatic rings. The van der Waals surface area contributed by atoms with E-state index in [1.807, 2.05) is 26.2 Å². The van der Waals surface area contributed by atoms with Crippen LogP contribution in [0.3, 0.4) is 0 Å². The Morgan fingerprint density at radius 2 is 2.28 bits per heavy atom. The molecule has 0 saturated heterocycles. The van der Waals surface area contributed by atoms with Crippen molar-refractivity contribution >= 4 is 13.9 Å². The molecule has 0 aliphatic carbocycles. The van der Waals surface area contributed by atoms with E-state index < -0.39 is 6.04 Å². The van der Waals surface area contributed by atoms with Gasteiger partial charge in [0.25, 0.3) is 0 Å². The summed E-state index contributed by atoms with van der Waals surface area (Å²) in [6, 6.07) is 5.19. The smallest absolute Gasteiger partial charge is 0.237 e. The van der Waals surface area contributed by atoms with Crippen LogP contribution < -0.4 is 16.3 Å². The normalized spacial score (nSPS) is 12.1. The molecule has 0 bridgehead atoms. The van der Waals surface area contributed by atoms with Crippen molar-refractivity contribution in [2.24, 2.45) is 5.73 Å². The van der Waals surface area contributed by atoms with Gasteiger partial charge in [-0.15, -0.1) is 0 Å². The van der Waals surface area contributed by atoms with Gasteiger partial charge in [-0.3, -0.25) is 9.78 Å². The van der Waals surface area contributed by atoms with E-state index in [0.717, 1.165) is 31.5 Å². The summed E-state index contributed by atoms with van der Waals surface area (Å²) in [6.45, 7) is 1.40. The van der Waals surface area contributed by atoms with Crippen LogP contribution in [-0.2, 0) is 11.3 Å². The fourth-order valence-electron chi connectivity index (χ4n) is 1.61. The Balaban J connectivity index is 2.19. The van der Waals surface area contributed by atoms with Crippen LogP contribution in [0.4, 0.5) is 0 Å². The molecule has 0 fully saturated rings. The Morgan fingerprint density at radius 3 is 2.94 bits per heavy atom. The lowest BCUT2D eigenvalue weighted by molar-refractivity contribution is -0.122. The number of rotatable bonds is 8. The molecule has 0 spiro atoms. The highest BCUT2D eigenvalue weighted by atomic mass is 16.2. The molecule has 0 aromatic carbocycles. The minimum Gasteiger partial charge on any atom is -0.362 e. The summed E-state index contributed by atoms with van der Waals surface area (Å²) < 4.78 is 0. The number of hydrogen-bond donors (Lipinski definition) is 3. The number of carbonyl (C=O) groups is 1. The molecule has 0 radical (unpaired) electrons. The van der Waals surface area contributed by atoms with Gasteiger partial charge < -0.3 is 16.3 Å². The third kappa shape index (κ3) is 5.79. The predicted molar refractivity (Wildman–Crippen MR) is 74.5 cm³/mol. The fourth-order valence-corrected chi connectivity index (χ4v) is 1.61. The summed E-state index contributed by atoms with van der Waals surface area (Å²) in [6.07, 6.45) is 4.42. The molecule has 4 N–H and O–H groups in total. The van der Waals surface area contributed by atoms with Crippen LogP contribution in [0.15, 0.2) is 24.4 Å². The van der Waals surface area contributed by atoms with Crippen molar-refractivity contribution < 1.29 is 4.79 Å². The summed E-state index contributed by atoms with van der Waals surface area (Å²) in [5.41, 5.74) is 6.65. The Hall–Kier alpha value is -1.40. The van der Waals surface area contributed by atoms with Crippen LogP contribution in [0.2, 0.25) is 0 Å². The van der Waals surface area contributed by atoms with Gasteiger partial charge in [0.15, 0.2) is 7.98 Å². The number of nitrogens with one attached hydrogen (secondary N) is 2. The van der Waals surface area contributed by atoms with E-state index in [1.54, 1.807) is 6.20 Å². The molecule has 1 aromatic heterocycles. The molecule has 1 rings (SSSR count). The average Bonchev–Trinajstić information content (AvgIpc) is 2.42. The van der Waals surface area contributed by atoms with Crippen LogP contribution in [0.25, 0.3) is 0 Å². The number of hydrogen-bond acceptors (Lipinski definition) is 4. The summed E-state index contributed by atoms with van der Waals surface area (Å²) in [4.78, 5) is 15.8. The monoisotopic (exact) mass is 248 g/mol. The Bertz CT molecular complexity index is 347. The largest absolute Gasteiger partial charge is 0.362 e. The van der Waals surface area contributed by atoms with E-state index in [0.29, 0.717) is 6.54 Å². The molecule has 1 amide bonds. The molecule has 0 saturated carbocycles. The first-order chi connectivity index (χ1) is 8.74. The summed E-state index contributed by atoms with van der Waals surface area (Å²) in [7, 11) is 1.92. The lowest BCUT2D eigenvalue weighted by Gasteiger charge is -2.11. The van der Waals surface area contributed by atoms with Crippen molar-refractivity contribution in [1.29, 1.82) is 0 Å². The molecule has 98 valence electrons. The van der Waals surface area contributed by atoms with Crippen LogP contribution in [-0.4, -0.2) is 31.5 Å². The Labute approximate surface area is 109 Å². The van der Waals surface area contributed by atoms with E-state index in [9.17, 15) is 4.79 Å². The topological polar surface area (TPSA) is 80.0 Å². The fraction of sp³-hybridized carbons (Fsp3) is 0.500. The molecule has 1 atom stereocenters. The average molecular weight is 248 g/mol. The molecule has 6 heteroatoms. The first-order valence-electron chi connectivity index (χ1n) is 6.32. The SMILES string of the molecule is BNCCCC[C@H](N)C(=O)NCc1ccccn1. The van der Waals surface area contributed by atoms with E-state index in [-0.39, 0.29) is 5.91 Å². The van der Waals surface area contributed by atoms with Crippen molar-refractivity contribution in [3.8, 4) is 0 Å². The van der Waals surface area contributed by atoms with Gasteiger partial charge in [0, 0.05) is 6.20 Å². The number of amides is 1. The lowest BCUT2D eigenvalue weighted by Crippen LogP contribution is -2.40. The van der Waals surface area contributed by atoms with E-state index in [1.165, 1.54) is 0 Å². The predicted octanol–water partition coefficient (Wildman–Crippen LogP) is -0.667. The third-order valence-corrected chi connectivity index (χ3v) is 2.70. The molecule has 1 aromatic rings. The zero-order valence-electron chi connectivity index (χ0n) is 10.9. The molecule has 5 nitrogen and oxygen atoms in total. The highest BCUT2D eigenvalue weighted by Gasteiger charge is 2.12. The van der Waals surface area contributed by atoms with Gasteiger partial charge in [-0.1, -0.05) is 12.5 Å². The van der Waals surface area contributed by atoms with Crippen molar-refractivity contribution in [1.82, 2.24) is 15.5 Å². The van der Waals surface area contributed by atoms with Crippen LogP contribution >= 0.6 is 0 Å². The van der Waals surface area contributed by atoms with E-state index in [2.05, 4.69) is 15.5 Å². The molecular formula is C12H21BN4O. The lowest BCUT2D eigenvalue weighted by atomic mass is 10.1. The third-order valence-electron chi connectivity index (χ3n) is 2.70. The van der Waals surface area contributed by atoms with E-state index in [4.69, 9.17) is 5.73 Å². The second-order valence-corrected chi connectivity index (χ2v) is 4.24. The molecule has 1 heterocycles. The van der Waals surface area contributed by atoms with Gasteiger partial charge >= 0.3 is 0 Å². The minimum atomic E-state index is -0.425. The van der Waals surface area contributed by atoms with Gasteiger partial charge in [0.2, 0.25) is 5.91 Å². The second-order valence-electron chi connectivity index (χ2n) is 4.24. The van der Waals surface area contributed by atoms with Crippen molar-refractivity contribution in [3.63, 3.8) is 0 Å². The van der Waals surface area contributed by atoms with Crippen molar-refractivity contribution in [3.05, 3.63) is 30.1 Å². The van der Waals surface area contributed by atoms with Crippen LogP contribution in [0.1, 0.15) is 25.0 Å². The van der Waals surface area contributed by atoms with E-state index >= 15 is 0 Å². The zero-order chi connectivity index (χ0) is 13.2. The highest BCUT2D eigenvalue weighted by molar-refractivity contribution is 6.04. The number of pyridine rings is 1. The van der Waals surface area contributed by atoms with Crippen molar-refractivity contribution in [2.75, 3.05) is 6.54 Å². The minimum absolute atomic E-state index is 0.106. The highest BCUT2D eigenvalue weighted by Crippen LogP contribution is 1.99. The van der Waals surface area contributed by atoms with Crippen LogP contribution in [0.5, 0.6) is 0 Å². The number of carbonyl (C=O) groups excluding carboxylic acids is 1. The Morgan fingerprint density at radius 1 is 1.44 bits per heavy atom. The number of nitrogens with zero attached hydrogens (tertiary/aromatic N) is 1. The quantitative estimate of drug-likeness (QED) is 0.421. The molecule has 18 heavy (non-hydrogen) atoms. The maximum atomic E-state index is 11.7. The maximum absolute atomic E-state index is 11.7. The van der Waals surface area contributed by atoms with Gasteiger partial charge in [-0.25, -0.2) is 0 Å². The second kappa shape index (κ2) is 8.66.